The lowest BCUT2D eigenvalue weighted by molar-refractivity contribution is 0.0828. The van der Waals surface area contributed by atoms with E-state index in [1.807, 2.05) is 0 Å². The van der Waals surface area contributed by atoms with Crippen LogP contribution in [-0.4, -0.2) is 52.7 Å². The highest BCUT2D eigenvalue weighted by atomic mass is 16.5. The highest BCUT2D eigenvalue weighted by Gasteiger charge is 2.31. The first-order chi connectivity index (χ1) is 11.7. The van der Waals surface area contributed by atoms with Gasteiger partial charge in [-0.15, -0.1) is 0 Å². The van der Waals surface area contributed by atoms with Gasteiger partial charge in [-0.3, -0.25) is 9.80 Å². The maximum atomic E-state index is 9.20. The number of aromatic nitrogens is 2. The number of hydrogen-bond acceptors (Lipinski definition) is 7. The summed E-state index contributed by atoms with van der Waals surface area (Å²) >= 11 is 0. The molecule has 2 heterocycles. The first kappa shape index (κ1) is 16.9. The summed E-state index contributed by atoms with van der Waals surface area (Å²) in [5.74, 6) is 2.05. The van der Waals surface area contributed by atoms with Crippen molar-refractivity contribution in [3.63, 3.8) is 0 Å². The van der Waals surface area contributed by atoms with E-state index in [-0.39, 0.29) is 12.0 Å². The Balaban J connectivity index is 1.47. The standard InChI is InChI=1S/C17H24N6O/c1-13(17-20-16(21-24-17)15-4-5-15)23-9-7-22(8-10-23)12-14(11-19)3-2-6-18/h13-15H,2-5,7-10,12H2,1H3/t13-,14+/m1/s1. The minimum atomic E-state index is -0.0503. The Morgan fingerprint density at radius 3 is 2.62 bits per heavy atom. The van der Waals surface area contributed by atoms with Crippen molar-refractivity contribution in [2.75, 3.05) is 32.7 Å². The number of rotatable bonds is 7. The normalized spacial score (nSPS) is 21.8. The average molecular weight is 328 g/mol. The molecule has 1 saturated carbocycles. The summed E-state index contributed by atoms with van der Waals surface area (Å²) in [4.78, 5) is 9.23. The van der Waals surface area contributed by atoms with E-state index in [4.69, 9.17) is 9.78 Å². The molecular formula is C17H24N6O. The van der Waals surface area contributed by atoms with Gasteiger partial charge in [0.25, 0.3) is 0 Å². The Labute approximate surface area is 142 Å². The van der Waals surface area contributed by atoms with Crippen LogP contribution in [0.4, 0.5) is 0 Å². The van der Waals surface area contributed by atoms with Gasteiger partial charge in [0.1, 0.15) is 0 Å². The molecule has 3 rings (SSSR count). The number of piperazine rings is 1. The van der Waals surface area contributed by atoms with Crippen molar-refractivity contribution in [3.8, 4) is 12.1 Å². The fourth-order valence-corrected chi connectivity index (χ4v) is 3.16. The van der Waals surface area contributed by atoms with Gasteiger partial charge in [-0.25, -0.2) is 0 Å². The Bertz CT molecular complexity index is 618. The number of hydrogen-bond donors (Lipinski definition) is 0. The molecule has 0 unspecified atom stereocenters. The maximum absolute atomic E-state index is 9.20. The summed E-state index contributed by atoms with van der Waals surface area (Å²) in [6.07, 6.45) is 3.47. The Kier molecular flexibility index (Phi) is 5.44. The van der Waals surface area contributed by atoms with Gasteiger partial charge in [0, 0.05) is 45.1 Å². The predicted octanol–water partition coefficient (Wildman–Crippen LogP) is 2.07. The molecule has 128 valence electrons. The zero-order valence-electron chi connectivity index (χ0n) is 14.2. The van der Waals surface area contributed by atoms with Crippen LogP contribution in [0.1, 0.15) is 56.3 Å². The molecule has 0 amide bonds. The van der Waals surface area contributed by atoms with Crippen LogP contribution in [0.3, 0.4) is 0 Å². The van der Waals surface area contributed by atoms with Crippen molar-refractivity contribution in [1.82, 2.24) is 19.9 Å². The number of nitrogens with zero attached hydrogens (tertiary/aromatic N) is 6. The molecule has 1 aromatic rings. The minimum absolute atomic E-state index is 0.0503. The van der Waals surface area contributed by atoms with E-state index in [2.05, 4.69) is 39.0 Å². The van der Waals surface area contributed by atoms with Gasteiger partial charge in [0.05, 0.1) is 24.1 Å². The zero-order chi connectivity index (χ0) is 16.9. The molecule has 2 fully saturated rings. The van der Waals surface area contributed by atoms with Gasteiger partial charge < -0.3 is 4.52 Å². The largest absolute Gasteiger partial charge is 0.338 e. The summed E-state index contributed by atoms with van der Waals surface area (Å²) in [7, 11) is 0. The fourth-order valence-electron chi connectivity index (χ4n) is 3.16. The molecule has 0 spiro atoms. The lowest BCUT2D eigenvalue weighted by Gasteiger charge is -2.37. The molecule has 7 nitrogen and oxygen atoms in total. The maximum Gasteiger partial charge on any atom is 0.243 e. The van der Waals surface area contributed by atoms with Crippen LogP contribution in [0.15, 0.2) is 4.52 Å². The third-order valence-electron chi connectivity index (χ3n) is 4.98. The van der Waals surface area contributed by atoms with Gasteiger partial charge >= 0.3 is 0 Å². The predicted molar refractivity (Wildman–Crippen MR) is 86.7 cm³/mol. The number of nitriles is 2. The summed E-state index contributed by atoms with van der Waals surface area (Å²) in [5, 5.41) is 22.0. The topological polar surface area (TPSA) is 93.0 Å². The first-order valence-electron chi connectivity index (χ1n) is 8.77. The minimum Gasteiger partial charge on any atom is -0.338 e. The quantitative estimate of drug-likeness (QED) is 0.756. The summed E-state index contributed by atoms with van der Waals surface area (Å²) in [6, 6.07) is 4.58. The van der Waals surface area contributed by atoms with E-state index in [0.717, 1.165) is 38.5 Å². The molecule has 0 radical (unpaired) electrons. The smallest absolute Gasteiger partial charge is 0.243 e. The van der Waals surface area contributed by atoms with Crippen LogP contribution < -0.4 is 0 Å². The highest BCUT2D eigenvalue weighted by Crippen LogP contribution is 2.38. The van der Waals surface area contributed by atoms with Crippen LogP contribution in [0.2, 0.25) is 0 Å². The van der Waals surface area contributed by atoms with E-state index in [1.54, 1.807) is 0 Å². The van der Waals surface area contributed by atoms with E-state index in [0.29, 0.717) is 24.7 Å². The second-order valence-corrected chi connectivity index (χ2v) is 6.80. The molecular weight excluding hydrogens is 304 g/mol. The molecule has 1 aromatic heterocycles. The van der Waals surface area contributed by atoms with E-state index < -0.39 is 0 Å². The van der Waals surface area contributed by atoms with Crippen molar-refractivity contribution in [1.29, 1.82) is 10.5 Å². The summed E-state index contributed by atoms with van der Waals surface area (Å²) in [5.41, 5.74) is 0. The van der Waals surface area contributed by atoms with Gasteiger partial charge in [-0.2, -0.15) is 15.5 Å². The lowest BCUT2D eigenvalue weighted by atomic mass is 10.0. The molecule has 1 aliphatic heterocycles. The van der Waals surface area contributed by atoms with Crippen molar-refractivity contribution < 1.29 is 4.52 Å². The Morgan fingerprint density at radius 2 is 2.00 bits per heavy atom. The first-order valence-corrected chi connectivity index (χ1v) is 8.77. The summed E-state index contributed by atoms with van der Waals surface area (Å²) < 4.78 is 5.44. The summed E-state index contributed by atoms with van der Waals surface area (Å²) in [6.45, 7) is 6.59. The van der Waals surface area contributed by atoms with Crippen LogP contribution in [0.5, 0.6) is 0 Å². The van der Waals surface area contributed by atoms with E-state index in [1.165, 1.54) is 12.8 Å². The molecule has 2 atom stereocenters. The van der Waals surface area contributed by atoms with Gasteiger partial charge in [-0.1, -0.05) is 5.16 Å². The van der Waals surface area contributed by atoms with Crippen LogP contribution in [-0.2, 0) is 0 Å². The molecule has 2 aliphatic rings. The molecule has 7 heteroatoms. The van der Waals surface area contributed by atoms with Crippen LogP contribution >= 0.6 is 0 Å². The Hall–Kier alpha value is -1.96. The molecule has 0 N–H and O–H groups in total. The van der Waals surface area contributed by atoms with Crippen LogP contribution in [0.25, 0.3) is 0 Å². The monoisotopic (exact) mass is 328 g/mol. The lowest BCUT2D eigenvalue weighted by Crippen LogP contribution is -2.48. The fraction of sp³-hybridized carbons (Fsp3) is 0.765. The van der Waals surface area contributed by atoms with Gasteiger partial charge in [0.15, 0.2) is 5.82 Å². The van der Waals surface area contributed by atoms with E-state index in [9.17, 15) is 5.26 Å². The van der Waals surface area contributed by atoms with Gasteiger partial charge in [-0.05, 0) is 26.2 Å². The van der Waals surface area contributed by atoms with Crippen LogP contribution in [0, 0.1) is 28.6 Å². The van der Waals surface area contributed by atoms with Crippen molar-refractivity contribution >= 4 is 0 Å². The van der Waals surface area contributed by atoms with Gasteiger partial charge in [0.2, 0.25) is 5.89 Å². The van der Waals surface area contributed by atoms with Crippen molar-refractivity contribution in [2.24, 2.45) is 5.92 Å². The van der Waals surface area contributed by atoms with Crippen molar-refractivity contribution in [2.45, 2.75) is 44.6 Å². The second-order valence-electron chi connectivity index (χ2n) is 6.80. The SMILES string of the molecule is C[C@H](c1nc(C2CC2)no1)N1CCN(C[C@H](C#N)CCC#N)CC1. The van der Waals surface area contributed by atoms with E-state index >= 15 is 0 Å². The third-order valence-corrected chi connectivity index (χ3v) is 4.98. The molecule has 24 heavy (non-hydrogen) atoms. The average Bonchev–Trinajstić information content (AvgIpc) is 3.35. The zero-order valence-corrected chi connectivity index (χ0v) is 14.2. The molecule has 0 aromatic carbocycles. The third kappa shape index (κ3) is 4.11. The second kappa shape index (κ2) is 7.74. The Morgan fingerprint density at radius 1 is 1.25 bits per heavy atom. The highest BCUT2D eigenvalue weighted by molar-refractivity contribution is 5.05. The molecule has 0 bridgehead atoms. The molecule has 1 aliphatic carbocycles. The molecule has 1 saturated heterocycles. The van der Waals surface area contributed by atoms with Crippen molar-refractivity contribution in [3.05, 3.63) is 11.7 Å².